The summed E-state index contributed by atoms with van der Waals surface area (Å²) in [6, 6.07) is 2.43. The van der Waals surface area contributed by atoms with E-state index in [1.165, 1.54) is 6.07 Å². The lowest BCUT2D eigenvalue weighted by atomic mass is 10.2. The Balaban J connectivity index is 1.52. The van der Waals surface area contributed by atoms with Crippen LogP contribution in [0.3, 0.4) is 0 Å². The van der Waals surface area contributed by atoms with E-state index in [1.807, 2.05) is 30.7 Å². The predicted molar refractivity (Wildman–Crippen MR) is 99.2 cm³/mol. The molecule has 1 fully saturated rings. The Bertz CT molecular complexity index is 838. The standard InChI is InChI=1S/C18H23F3N6O/c1-12-17(13(2)25(3)24-12)23-16(28)11-26-6-8-27(9-7-26)15-5-4-14(10-22-15)18(19,20)21/h4-5,10H,6-9,11H2,1-3H3,(H,23,28). The fourth-order valence-electron chi connectivity index (χ4n) is 3.21. The van der Waals surface area contributed by atoms with Crippen LogP contribution in [0.1, 0.15) is 17.0 Å². The molecule has 0 saturated carbocycles. The van der Waals surface area contributed by atoms with Crippen LogP contribution in [0.15, 0.2) is 18.3 Å². The van der Waals surface area contributed by atoms with Gasteiger partial charge in [-0.05, 0) is 26.0 Å². The van der Waals surface area contributed by atoms with E-state index in [0.717, 1.165) is 29.3 Å². The molecule has 3 heterocycles. The molecule has 1 N–H and O–H groups in total. The van der Waals surface area contributed by atoms with E-state index >= 15 is 0 Å². The lowest BCUT2D eigenvalue weighted by Crippen LogP contribution is -2.49. The van der Waals surface area contributed by atoms with Gasteiger partial charge in [0.2, 0.25) is 5.91 Å². The van der Waals surface area contributed by atoms with Gasteiger partial charge in [-0.1, -0.05) is 0 Å². The molecule has 28 heavy (non-hydrogen) atoms. The average molecular weight is 396 g/mol. The molecule has 1 aliphatic rings. The van der Waals surface area contributed by atoms with Crippen molar-refractivity contribution >= 4 is 17.4 Å². The first kappa shape index (κ1) is 20.1. The number of rotatable bonds is 4. The van der Waals surface area contributed by atoms with Crippen molar-refractivity contribution < 1.29 is 18.0 Å². The predicted octanol–water partition coefficient (Wildman–Crippen LogP) is 2.21. The van der Waals surface area contributed by atoms with Crippen molar-refractivity contribution in [2.75, 3.05) is 42.9 Å². The molecule has 10 heteroatoms. The summed E-state index contributed by atoms with van der Waals surface area (Å²) in [4.78, 5) is 20.2. The van der Waals surface area contributed by atoms with Crippen molar-refractivity contribution in [3.05, 3.63) is 35.3 Å². The number of piperazine rings is 1. The summed E-state index contributed by atoms with van der Waals surface area (Å²) in [6.07, 6.45) is -3.53. The Hall–Kier alpha value is -2.62. The second-order valence-electron chi connectivity index (χ2n) is 6.88. The first-order valence-electron chi connectivity index (χ1n) is 8.95. The topological polar surface area (TPSA) is 66.3 Å². The summed E-state index contributed by atoms with van der Waals surface area (Å²) in [5.41, 5.74) is 1.64. The molecule has 7 nitrogen and oxygen atoms in total. The van der Waals surface area contributed by atoms with Gasteiger partial charge in [0.25, 0.3) is 0 Å². The number of pyridine rings is 1. The second-order valence-corrected chi connectivity index (χ2v) is 6.88. The van der Waals surface area contributed by atoms with Crippen LogP contribution in [0.5, 0.6) is 0 Å². The van der Waals surface area contributed by atoms with Crippen molar-refractivity contribution in [3.63, 3.8) is 0 Å². The Kier molecular flexibility index (Phi) is 5.59. The maximum Gasteiger partial charge on any atom is 0.417 e. The van der Waals surface area contributed by atoms with Crippen LogP contribution in [0, 0.1) is 13.8 Å². The zero-order valence-corrected chi connectivity index (χ0v) is 16.0. The minimum absolute atomic E-state index is 0.111. The SMILES string of the molecule is Cc1nn(C)c(C)c1NC(=O)CN1CCN(c2ccc(C(F)(F)F)cn2)CC1. The molecule has 0 unspecified atom stereocenters. The van der Waals surface area contributed by atoms with Gasteiger partial charge in [0, 0.05) is 39.4 Å². The van der Waals surface area contributed by atoms with E-state index < -0.39 is 11.7 Å². The summed E-state index contributed by atoms with van der Waals surface area (Å²) in [7, 11) is 1.83. The number of carbonyl (C=O) groups is 1. The van der Waals surface area contributed by atoms with E-state index in [-0.39, 0.29) is 12.5 Å². The normalized spacial score (nSPS) is 15.7. The molecule has 0 bridgehead atoms. The molecule has 0 radical (unpaired) electrons. The Morgan fingerprint density at radius 3 is 2.36 bits per heavy atom. The van der Waals surface area contributed by atoms with Crippen LogP contribution in [0.2, 0.25) is 0 Å². The Labute approximate surface area is 161 Å². The molecule has 1 amide bonds. The van der Waals surface area contributed by atoms with Gasteiger partial charge in [0.15, 0.2) is 0 Å². The highest BCUT2D eigenvalue weighted by Crippen LogP contribution is 2.29. The highest BCUT2D eigenvalue weighted by Gasteiger charge is 2.31. The minimum atomic E-state index is -4.39. The molecule has 2 aromatic rings. The van der Waals surface area contributed by atoms with Crippen LogP contribution in [0.4, 0.5) is 24.7 Å². The number of amides is 1. The highest BCUT2D eigenvalue weighted by molar-refractivity contribution is 5.93. The van der Waals surface area contributed by atoms with Crippen LogP contribution < -0.4 is 10.2 Å². The summed E-state index contributed by atoms with van der Waals surface area (Å²) < 4.78 is 39.6. The molecule has 0 aromatic carbocycles. The van der Waals surface area contributed by atoms with Crippen LogP contribution in [-0.4, -0.2) is 58.3 Å². The Morgan fingerprint density at radius 2 is 1.86 bits per heavy atom. The summed E-state index contributed by atoms with van der Waals surface area (Å²) >= 11 is 0. The van der Waals surface area contributed by atoms with Gasteiger partial charge in [0.05, 0.1) is 29.2 Å². The third-order valence-electron chi connectivity index (χ3n) is 4.91. The minimum Gasteiger partial charge on any atom is -0.354 e. The number of hydrogen-bond acceptors (Lipinski definition) is 5. The molecule has 2 aromatic heterocycles. The van der Waals surface area contributed by atoms with E-state index in [2.05, 4.69) is 15.4 Å². The third-order valence-corrected chi connectivity index (χ3v) is 4.91. The van der Waals surface area contributed by atoms with Crippen LogP contribution >= 0.6 is 0 Å². The third kappa shape index (κ3) is 4.44. The fourth-order valence-corrected chi connectivity index (χ4v) is 3.21. The van der Waals surface area contributed by atoms with Crippen molar-refractivity contribution in [2.24, 2.45) is 7.05 Å². The first-order valence-corrected chi connectivity index (χ1v) is 8.95. The number of halogens is 3. The van der Waals surface area contributed by atoms with Gasteiger partial charge in [-0.3, -0.25) is 14.4 Å². The molecule has 3 rings (SSSR count). The highest BCUT2D eigenvalue weighted by atomic mass is 19.4. The first-order chi connectivity index (χ1) is 13.1. The lowest BCUT2D eigenvalue weighted by Gasteiger charge is -2.35. The van der Waals surface area contributed by atoms with E-state index in [0.29, 0.717) is 32.0 Å². The van der Waals surface area contributed by atoms with Gasteiger partial charge in [-0.2, -0.15) is 18.3 Å². The number of carbonyl (C=O) groups excluding carboxylic acids is 1. The monoisotopic (exact) mass is 396 g/mol. The quantitative estimate of drug-likeness (QED) is 0.859. The van der Waals surface area contributed by atoms with Crippen molar-refractivity contribution in [2.45, 2.75) is 20.0 Å². The molecule has 0 aliphatic carbocycles. The number of anilines is 2. The van der Waals surface area contributed by atoms with Crippen molar-refractivity contribution in [3.8, 4) is 0 Å². The molecular weight excluding hydrogens is 373 g/mol. The van der Waals surface area contributed by atoms with Gasteiger partial charge < -0.3 is 10.2 Å². The smallest absolute Gasteiger partial charge is 0.354 e. The average Bonchev–Trinajstić information content (AvgIpc) is 2.88. The zero-order chi connectivity index (χ0) is 20.5. The van der Waals surface area contributed by atoms with Gasteiger partial charge in [0.1, 0.15) is 5.82 Å². The second kappa shape index (κ2) is 7.78. The summed E-state index contributed by atoms with van der Waals surface area (Å²) in [6.45, 7) is 6.43. The number of hydrogen-bond donors (Lipinski definition) is 1. The number of nitrogens with one attached hydrogen (secondary N) is 1. The van der Waals surface area contributed by atoms with E-state index in [1.54, 1.807) is 4.68 Å². The fraction of sp³-hybridized carbons (Fsp3) is 0.500. The summed E-state index contributed by atoms with van der Waals surface area (Å²) in [5.74, 6) is 0.402. The van der Waals surface area contributed by atoms with Gasteiger partial charge in [-0.15, -0.1) is 0 Å². The van der Waals surface area contributed by atoms with Crippen LogP contribution in [-0.2, 0) is 18.0 Å². The molecule has 152 valence electrons. The largest absolute Gasteiger partial charge is 0.417 e. The van der Waals surface area contributed by atoms with Gasteiger partial charge >= 0.3 is 6.18 Å². The zero-order valence-electron chi connectivity index (χ0n) is 16.0. The molecular formula is C18H23F3N6O. The number of alkyl halides is 3. The van der Waals surface area contributed by atoms with Crippen molar-refractivity contribution in [1.82, 2.24) is 19.7 Å². The molecule has 1 aliphatic heterocycles. The van der Waals surface area contributed by atoms with Crippen molar-refractivity contribution in [1.29, 1.82) is 0 Å². The maximum absolute atomic E-state index is 12.6. The van der Waals surface area contributed by atoms with Gasteiger partial charge in [-0.25, -0.2) is 4.98 Å². The Morgan fingerprint density at radius 1 is 1.18 bits per heavy atom. The summed E-state index contributed by atoms with van der Waals surface area (Å²) in [5, 5.41) is 7.19. The van der Waals surface area contributed by atoms with Crippen LogP contribution in [0.25, 0.3) is 0 Å². The van der Waals surface area contributed by atoms with E-state index in [9.17, 15) is 18.0 Å². The number of aromatic nitrogens is 3. The molecule has 1 saturated heterocycles. The lowest BCUT2D eigenvalue weighted by molar-refractivity contribution is -0.137. The number of aryl methyl sites for hydroxylation is 2. The molecule has 0 atom stereocenters. The number of nitrogens with zero attached hydrogens (tertiary/aromatic N) is 5. The maximum atomic E-state index is 12.6. The van der Waals surface area contributed by atoms with E-state index in [4.69, 9.17) is 0 Å². The molecule has 0 spiro atoms.